The molecule has 2 saturated heterocycles. The molecule has 2 aliphatic rings. The monoisotopic (exact) mass is 377 g/mol. The topological polar surface area (TPSA) is 125 Å². The van der Waals surface area contributed by atoms with E-state index in [9.17, 15) is 24.5 Å². The molecular weight excluding hydrogens is 362 g/mol. The first-order chi connectivity index (χ1) is 12.1. The molecule has 0 aliphatic carbocycles. The minimum Gasteiger partial charge on any atom is -0.325 e. The number of nitrogens with one attached hydrogen (secondary N) is 2. The molecule has 2 fully saturated rings. The van der Waals surface area contributed by atoms with Gasteiger partial charge in [0.25, 0.3) is 5.69 Å². The maximum Gasteiger partial charge on any atom is 0.269 e. The van der Waals surface area contributed by atoms with Crippen LogP contribution in [0.15, 0.2) is 24.3 Å². The van der Waals surface area contributed by atoms with Gasteiger partial charge in [-0.3, -0.25) is 29.8 Å². The van der Waals surface area contributed by atoms with E-state index in [0.717, 1.165) is 5.01 Å². The third-order valence-corrected chi connectivity index (χ3v) is 4.58. The molecule has 0 unspecified atom stereocenters. The van der Waals surface area contributed by atoms with E-state index >= 15 is 0 Å². The lowest BCUT2D eigenvalue weighted by molar-refractivity contribution is -0.384. The Balaban J connectivity index is 1.84. The maximum absolute atomic E-state index is 12.7. The standard InChI is InChI=1S/C15H15N5O5S/c1-15(2)13(23)17-14(26)18-11(21)7-10(19(15)18)12(22)16-8-3-5-9(6-4-8)20(24)25/h3-6,10H,7H2,1-2H3,(H,16,22)(H,17,23,26)/t10-/m0/s1. The van der Waals surface area contributed by atoms with Crippen LogP contribution in [0.1, 0.15) is 20.3 Å². The molecule has 2 heterocycles. The van der Waals surface area contributed by atoms with Gasteiger partial charge in [-0.1, -0.05) is 0 Å². The van der Waals surface area contributed by atoms with Gasteiger partial charge in [0.05, 0.1) is 11.3 Å². The predicted molar refractivity (Wildman–Crippen MR) is 93.6 cm³/mol. The highest BCUT2D eigenvalue weighted by atomic mass is 32.1. The summed E-state index contributed by atoms with van der Waals surface area (Å²) in [5.74, 6) is -1.33. The zero-order chi connectivity index (χ0) is 19.2. The van der Waals surface area contributed by atoms with E-state index in [2.05, 4.69) is 10.6 Å². The van der Waals surface area contributed by atoms with Crippen LogP contribution < -0.4 is 10.6 Å². The quantitative estimate of drug-likeness (QED) is 0.447. The van der Waals surface area contributed by atoms with Crippen LogP contribution in [0.25, 0.3) is 0 Å². The second-order valence-corrected chi connectivity index (χ2v) is 6.77. The zero-order valence-electron chi connectivity index (χ0n) is 13.9. The summed E-state index contributed by atoms with van der Waals surface area (Å²) in [6.45, 7) is 3.17. The van der Waals surface area contributed by atoms with Gasteiger partial charge in [0, 0.05) is 17.8 Å². The molecule has 1 atom stereocenters. The first kappa shape index (κ1) is 17.9. The fraction of sp³-hybridized carbons (Fsp3) is 0.333. The Morgan fingerprint density at radius 3 is 2.54 bits per heavy atom. The molecule has 0 spiro atoms. The van der Waals surface area contributed by atoms with Crippen molar-refractivity contribution < 1.29 is 19.3 Å². The number of hydrogen-bond donors (Lipinski definition) is 2. The third-order valence-electron chi connectivity index (χ3n) is 4.30. The van der Waals surface area contributed by atoms with Gasteiger partial charge in [0.2, 0.25) is 17.7 Å². The number of fused-ring (bicyclic) bond motifs is 1. The average molecular weight is 377 g/mol. The van der Waals surface area contributed by atoms with E-state index in [4.69, 9.17) is 12.2 Å². The van der Waals surface area contributed by atoms with Crippen molar-refractivity contribution in [1.82, 2.24) is 15.3 Å². The van der Waals surface area contributed by atoms with Crippen LogP contribution in [-0.4, -0.2) is 49.4 Å². The number of benzene rings is 1. The zero-order valence-corrected chi connectivity index (χ0v) is 14.7. The Bertz CT molecular complexity index is 837. The molecule has 11 heteroatoms. The number of nitrogens with zero attached hydrogens (tertiary/aromatic N) is 3. The number of hydrazine groups is 1. The van der Waals surface area contributed by atoms with Crippen LogP contribution in [0.5, 0.6) is 0 Å². The lowest BCUT2D eigenvalue weighted by Crippen LogP contribution is -2.71. The molecule has 2 aliphatic heterocycles. The molecular formula is C15H15N5O5S. The van der Waals surface area contributed by atoms with E-state index < -0.39 is 34.2 Å². The van der Waals surface area contributed by atoms with Crippen molar-refractivity contribution in [2.75, 3.05) is 5.32 Å². The smallest absolute Gasteiger partial charge is 0.269 e. The summed E-state index contributed by atoms with van der Waals surface area (Å²) in [6.07, 6.45) is -0.142. The second-order valence-electron chi connectivity index (χ2n) is 6.38. The minimum absolute atomic E-state index is 0.0649. The van der Waals surface area contributed by atoms with Crippen LogP contribution in [0.2, 0.25) is 0 Å². The van der Waals surface area contributed by atoms with Crippen LogP contribution in [0.4, 0.5) is 11.4 Å². The number of nitro groups is 1. The van der Waals surface area contributed by atoms with Gasteiger partial charge in [0.1, 0.15) is 11.6 Å². The normalized spacial score (nSPS) is 22.0. The highest BCUT2D eigenvalue weighted by Crippen LogP contribution is 2.33. The lowest BCUT2D eigenvalue weighted by Gasteiger charge is -2.45. The molecule has 1 aromatic rings. The molecule has 26 heavy (non-hydrogen) atoms. The number of carbonyl (C=O) groups is 3. The van der Waals surface area contributed by atoms with Crippen molar-refractivity contribution >= 4 is 46.4 Å². The fourth-order valence-electron chi connectivity index (χ4n) is 2.95. The van der Waals surface area contributed by atoms with Gasteiger partial charge in [-0.25, -0.2) is 5.01 Å². The number of anilines is 1. The molecule has 0 radical (unpaired) electrons. The summed E-state index contributed by atoms with van der Waals surface area (Å²) in [4.78, 5) is 47.4. The molecule has 1 aromatic carbocycles. The first-order valence-electron chi connectivity index (χ1n) is 7.66. The lowest BCUT2D eigenvalue weighted by atomic mass is 10.00. The number of thiocarbonyl (C=S) groups is 1. The van der Waals surface area contributed by atoms with E-state index in [1.165, 1.54) is 29.3 Å². The predicted octanol–water partition coefficient (Wildman–Crippen LogP) is 0.544. The van der Waals surface area contributed by atoms with Crippen molar-refractivity contribution in [3.05, 3.63) is 34.4 Å². The van der Waals surface area contributed by atoms with E-state index in [0.29, 0.717) is 5.69 Å². The van der Waals surface area contributed by atoms with Crippen LogP contribution >= 0.6 is 12.2 Å². The van der Waals surface area contributed by atoms with Crippen LogP contribution in [-0.2, 0) is 14.4 Å². The van der Waals surface area contributed by atoms with Crippen molar-refractivity contribution in [3.63, 3.8) is 0 Å². The minimum atomic E-state index is -1.16. The number of nitro benzene ring substituents is 1. The summed E-state index contributed by atoms with van der Waals surface area (Å²) in [6, 6.07) is 4.37. The molecule has 0 aromatic heterocycles. The largest absolute Gasteiger partial charge is 0.325 e. The molecule has 2 N–H and O–H groups in total. The Morgan fingerprint density at radius 2 is 1.96 bits per heavy atom. The number of non-ortho nitro benzene ring substituents is 1. The molecule has 0 bridgehead atoms. The van der Waals surface area contributed by atoms with Crippen molar-refractivity contribution in [3.8, 4) is 0 Å². The second kappa shape index (κ2) is 6.11. The summed E-state index contributed by atoms with van der Waals surface area (Å²) in [7, 11) is 0. The van der Waals surface area contributed by atoms with Gasteiger partial charge < -0.3 is 5.32 Å². The summed E-state index contributed by atoms with van der Waals surface area (Å²) in [5.41, 5.74) is -0.927. The first-order valence-corrected chi connectivity index (χ1v) is 8.06. The van der Waals surface area contributed by atoms with E-state index in [1.807, 2.05) is 0 Å². The number of carbonyl (C=O) groups excluding carboxylic acids is 3. The Kier molecular flexibility index (Phi) is 4.20. The van der Waals surface area contributed by atoms with E-state index in [-0.39, 0.29) is 17.2 Å². The van der Waals surface area contributed by atoms with Crippen molar-refractivity contribution in [2.24, 2.45) is 0 Å². The van der Waals surface area contributed by atoms with Gasteiger partial charge in [0.15, 0.2) is 5.11 Å². The molecule has 3 rings (SSSR count). The van der Waals surface area contributed by atoms with Crippen molar-refractivity contribution in [1.29, 1.82) is 0 Å². The van der Waals surface area contributed by atoms with Crippen LogP contribution in [0.3, 0.4) is 0 Å². The van der Waals surface area contributed by atoms with E-state index in [1.54, 1.807) is 13.8 Å². The molecule has 3 amide bonds. The summed E-state index contributed by atoms with van der Waals surface area (Å²) in [5, 5.41) is 18.2. The van der Waals surface area contributed by atoms with Crippen LogP contribution in [0, 0.1) is 10.1 Å². The Hall–Kier alpha value is -2.92. The highest BCUT2D eigenvalue weighted by Gasteiger charge is 2.56. The number of hydrogen-bond acceptors (Lipinski definition) is 7. The molecule has 136 valence electrons. The van der Waals surface area contributed by atoms with Gasteiger partial charge in [-0.2, -0.15) is 5.01 Å². The van der Waals surface area contributed by atoms with Gasteiger partial charge >= 0.3 is 0 Å². The molecule has 10 nitrogen and oxygen atoms in total. The van der Waals surface area contributed by atoms with Gasteiger partial charge in [-0.15, -0.1) is 0 Å². The average Bonchev–Trinajstić information content (AvgIpc) is 2.92. The third kappa shape index (κ3) is 2.80. The Morgan fingerprint density at radius 1 is 1.35 bits per heavy atom. The summed E-state index contributed by atoms with van der Waals surface area (Å²) >= 11 is 5.04. The summed E-state index contributed by atoms with van der Waals surface area (Å²) < 4.78 is 0. The van der Waals surface area contributed by atoms with Crippen molar-refractivity contribution in [2.45, 2.75) is 31.8 Å². The highest BCUT2D eigenvalue weighted by molar-refractivity contribution is 7.80. The number of rotatable bonds is 3. The maximum atomic E-state index is 12.7. The fourth-order valence-corrected chi connectivity index (χ4v) is 3.23. The SMILES string of the molecule is CC1(C)C(=O)NC(=S)N2C(=O)C[C@@H](C(=O)Nc3ccc([N+](=O)[O-])cc3)N21. The Labute approximate surface area is 153 Å². The van der Waals surface area contributed by atoms with Gasteiger partial charge in [-0.05, 0) is 38.2 Å². The number of amides is 3. The molecule has 0 saturated carbocycles.